The van der Waals surface area contributed by atoms with Gasteiger partial charge >= 0.3 is 0 Å². The lowest BCUT2D eigenvalue weighted by Crippen LogP contribution is -2.05. The van der Waals surface area contributed by atoms with E-state index in [4.69, 9.17) is 11.6 Å². The molecule has 108 valence electrons. The summed E-state index contributed by atoms with van der Waals surface area (Å²) < 4.78 is 2.03. The van der Waals surface area contributed by atoms with E-state index < -0.39 is 0 Å². The zero-order valence-electron chi connectivity index (χ0n) is 12.1. The van der Waals surface area contributed by atoms with E-state index in [0.717, 1.165) is 21.6 Å². The summed E-state index contributed by atoms with van der Waals surface area (Å²) in [7, 11) is 0. The second kappa shape index (κ2) is 5.51. The minimum absolute atomic E-state index is 0.0861. The third-order valence-corrected chi connectivity index (χ3v) is 4.24. The molecule has 0 amide bonds. The van der Waals surface area contributed by atoms with Crippen LogP contribution in [0.25, 0.3) is 11.0 Å². The third kappa shape index (κ3) is 2.55. The molecule has 1 aromatic heterocycles. The second-order valence-electron chi connectivity index (χ2n) is 5.29. The van der Waals surface area contributed by atoms with Gasteiger partial charge in [0.25, 0.3) is 0 Å². The summed E-state index contributed by atoms with van der Waals surface area (Å²) in [5.41, 5.74) is 5.38. The van der Waals surface area contributed by atoms with Crippen LogP contribution in [0.2, 0.25) is 5.02 Å². The lowest BCUT2D eigenvalue weighted by molar-refractivity contribution is 0.267. The van der Waals surface area contributed by atoms with Crippen LogP contribution < -0.4 is 0 Å². The number of nitrogens with zero attached hydrogens (tertiary/aromatic N) is 2. The first-order valence-electron chi connectivity index (χ1n) is 6.91. The van der Waals surface area contributed by atoms with Crippen molar-refractivity contribution in [2.75, 3.05) is 0 Å². The van der Waals surface area contributed by atoms with Gasteiger partial charge in [-0.2, -0.15) is 0 Å². The van der Waals surface area contributed by atoms with E-state index in [1.165, 1.54) is 11.1 Å². The normalized spacial score (nSPS) is 11.2. The van der Waals surface area contributed by atoms with E-state index in [1.54, 1.807) is 0 Å². The van der Waals surface area contributed by atoms with Crippen molar-refractivity contribution in [1.29, 1.82) is 0 Å². The van der Waals surface area contributed by atoms with Crippen LogP contribution in [0.15, 0.2) is 36.4 Å². The standard InChI is InChI=1S/C17H17ClN2O/c1-11-7-15-16(8-12(11)2)20(17(10-21)19-15)9-13-5-3-4-6-14(13)18/h3-8,21H,9-10H2,1-2H3. The molecule has 4 heteroatoms. The van der Waals surface area contributed by atoms with Crippen molar-refractivity contribution in [3.63, 3.8) is 0 Å². The summed E-state index contributed by atoms with van der Waals surface area (Å²) in [6.07, 6.45) is 0. The highest BCUT2D eigenvalue weighted by Crippen LogP contribution is 2.24. The average molecular weight is 301 g/mol. The molecule has 0 radical (unpaired) electrons. The fraction of sp³-hybridized carbons (Fsp3) is 0.235. The van der Waals surface area contributed by atoms with Gasteiger partial charge in [-0.3, -0.25) is 0 Å². The minimum Gasteiger partial charge on any atom is -0.388 e. The highest BCUT2D eigenvalue weighted by Gasteiger charge is 2.12. The molecule has 0 bridgehead atoms. The number of aromatic nitrogens is 2. The Bertz CT molecular complexity index is 808. The number of fused-ring (bicyclic) bond motifs is 1. The maximum Gasteiger partial charge on any atom is 0.136 e. The van der Waals surface area contributed by atoms with Gasteiger partial charge in [0.05, 0.1) is 17.6 Å². The molecule has 0 atom stereocenters. The Morgan fingerprint density at radius 2 is 1.86 bits per heavy atom. The topological polar surface area (TPSA) is 38.1 Å². The quantitative estimate of drug-likeness (QED) is 0.798. The molecule has 3 nitrogen and oxygen atoms in total. The number of aryl methyl sites for hydroxylation is 2. The van der Waals surface area contributed by atoms with Crippen LogP contribution >= 0.6 is 11.6 Å². The zero-order valence-corrected chi connectivity index (χ0v) is 12.9. The van der Waals surface area contributed by atoms with Crippen LogP contribution in [-0.4, -0.2) is 14.7 Å². The zero-order chi connectivity index (χ0) is 15.0. The van der Waals surface area contributed by atoms with Crippen molar-refractivity contribution >= 4 is 22.6 Å². The Labute approximate surface area is 128 Å². The number of hydrogen-bond donors (Lipinski definition) is 1. The number of halogens is 1. The van der Waals surface area contributed by atoms with Crippen molar-refractivity contribution in [2.24, 2.45) is 0 Å². The van der Waals surface area contributed by atoms with E-state index in [0.29, 0.717) is 12.4 Å². The molecule has 3 aromatic rings. The molecule has 0 aliphatic rings. The number of aliphatic hydroxyl groups excluding tert-OH is 1. The lowest BCUT2D eigenvalue weighted by atomic mass is 10.1. The van der Waals surface area contributed by atoms with Crippen LogP contribution in [0, 0.1) is 13.8 Å². The fourth-order valence-electron chi connectivity index (χ4n) is 2.52. The highest BCUT2D eigenvalue weighted by atomic mass is 35.5. The molecule has 1 heterocycles. The number of aliphatic hydroxyl groups is 1. The summed E-state index contributed by atoms with van der Waals surface area (Å²) in [5, 5.41) is 10.3. The summed E-state index contributed by atoms with van der Waals surface area (Å²) >= 11 is 6.25. The first-order chi connectivity index (χ1) is 10.1. The maximum absolute atomic E-state index is 9.59. The molecule has 0 saturated heterocycles. The number of imidazole rings is 1. The van der Waals surface area contributed by atoms with Gasteiger partial charge in [0.1, 0.15) is 12.4 Å². The predicted molar refractivity (Wildman–Crippen MR) is 85.7 cm³/mol. The summed E-state index contributed by atoms with van der Waals surface area (Å²) in [5.74, 6) is 0.662. The van der Waals surface area contributed by atoms with Gasteiger partial charge in [-0.05, 0) is 48.7 Å². The second-order valence-corrected chi connectivity index (χ2v) is 5.70. The molecule has 0 spiro atoms. The summed E-state index contributed by atoms with van der Waals surface area (Å²) in [6.45, 7) is 4.67. The van der Waals surface area contributed by atoms with Gasteiger partial charge in [0, 0.05) is 5.02 Å². The fourth-order valence-corrected chi connectivity index (χ4v) is 2.72. The smallest absolute Gasteiger partial charge is 0.136 e. The molecule has 3 rings (SSSR count). The van der Waals surface area contributed by atoms with Gasteiger partial charge in [-0.1, -0.05) is 29.8 Å². The molecular formula is C17H17ClN2O. The highest BCUT2D eigenvalue weighted by molar-refractivity contribution is 6.31. The van der Waals surface area contributed by atoms with Crippen LogP contribution in [0.4, 0.5) is 0 Å². The van der Waals surface area contributed by atoms with E-state index >= 15 is 0 Å². The van der Waals surface area contributed by atoms with Crippen LogP contribution in [0.1, 0.15) is 22.5 Å². The van der Waals surface area contributed by atoms with E-state index in [2.05, 4.69) is 31.0 Å². The van der Waals surface area contributed by atoms with Crippen molar-refractivity contribution in [1.82, 2.24) is 9.55 Å². The molecule has 0 unspecified atom stereocenters. The SMILES string of the molecule is Cc1cc2nc(CO)n(Cc3ccccc3Cl)c2cc1C. The van der Waals surface area contributed by atoms with Gasteiger partial charge in [0.2, 0.25) is 0 Å². The molecule has 0 saturated carbocycles. The average Bonchev–Trinajstić information content (AvgIpc) is 2.79. The Hall–Kier alpha value is -1.84. The monoisotopic (exact) mass is 300 g/mol. The minimum atomic E-state index is -0.0861. The number of benzene rings is 2. The largest absolute Gasteiger partial charge is 0.388 e. The molecule has 1 N–H and O–H groups in total. The van der Waals surface area contributed by atoms with Gasteiger partial charge in [-0.15, -0.1) is 0 Å². The third-order valence-electron chi connectivity index (χ3n) is 3.87. The first kappa shape index (κ1) is 14.1. The van der Waals surface area contributed by atoms with Crippen LogP contribution in [0.3, 0.4) is 0 Å². The van der Waals surface area contributed by atoms with Gasteiger partial charge in [0.15, 0.2) is 0 Å². The van der Waals surface area contributed by atoms with Gasteiger partial charge in [-0.25, -0.2) is 4.98 Å². The van der Waals surface area contributed by atoms with E-state index in [9.17, 15) is 5.11 Å². The Morgan fingerprint density at radius 3 is 2.57 bits per heavy atom. The molecule has 0 aliphatic heterocycles. The number of rotatable bonds is 3. The summed E-state index contributed by atoms with van der Waals surface area (Å²) in [4.78, 5) is 4.53. The van der Waals surface area contributed by atoms with Crippen LogP contribution in [0.5, 0.6) is 0 Å². The molecule has 2 aromatic carbocycles. The first-order valence-corrected chi connectivity index (χ1v) is 7.28. The molecule has 0 fully saturated rings. The molecule has 0 aliphatic carbocycles. The maximum atomic E-state index is 9.59. The molecular weight excluding hydrogens is 284 g/mol. The Balaban J connectivity index is 2.16. The van der Waals surface area contributed by atoms with Crippen molar-refractivity contribution in [3.8, 4) is 0 Å². The Morgan fingerprint density at radius 1 is 1.14 bits per heavy atom. The van der Waals surface area contributed by atoms with E-state index in [1.807, 2.05) is 28.8 Å². The summed E-state index contributed by atoms with van der Waals surface area (Å²) in [6, 6.07) is 11.9. The van der Waals surface area contributed by atoms with Gasteiger partial charge < -0.3 is 9.67 Å². The van der Waals surface area contributed by atoms with Crippen molar-refractivity contribution < 1.29 is 5.11 Å². The predicted octanol–water partition coefficient (Wildman–Crippen LogP) is 3.85. The Kier molecular flexibility index (Phi) is 3.70. The molecule has 21 heavy (non-hydrogen) atoms. The number of hydrogen-bond acceptors (Lipinski definition) is 2. The lowest BCUT2D eigenvalue weighted by Gasteiger charge is -2.10. The van der Waals surface area contributed by atoms with E-state index in [-0.39, 0.29) is 6.61 Å². The van der Waals surface area contributed by atoms with Crippen molar-refractivity contribution in [3.05, 3.63) is 63.9 Å². The van der Waals surface area contributed by atoms with Crippen molar-refractivity contribution in [2.45, 2.75) is 27.0 Å². The van der Waals surface area contributed by atoms with Crippen LogP contribution in [-0.2, 0) is 13.2 Å².